The first-order valence-corrected chi connectivity index (χ1v) is 6.27. The van der Waals surface area contributed by atoms with Crippen molar-refractivity contribution in [2.24, 2.45) is 0 Å². The number of halogens is 1. The molecule has 0 aliphatic rings. The summed E-state index contributed by atoms with van der Waals surface area (Å²) < 4.78 is 0. The molecule has 1 aromatic rings. The minimum absolute atomic E-state index is 0.408. The average molecular weight is 253 g/mol. The lowest BCUT2D eigenvalue weighted by atomic mass is 10.1. The first-order chi connectivity index (χ1) is 8.06. The predicted molar refractivity (Wildman–Crippen MR) is 78.3 cm³/mol. The maximum atomic E-state index is 6.21. The minimum Gasteiger partial charge on any atom is -0.381 e. The number of nitrogens with one attached hydrogen (secondary N) is 1. The second kappa shape index (κ2) is 6.55. The van der Waals surface area contributed by atoms with Crippen molar-refractivity contribution < 1.29 is 0 Å². The maximum absolute atomic E-state index is 6.21. The van der Waals surface area contributed by atoms with Crippen LogP contribution in [-0.2, 0) is 0 Å². The van der Waals surface area contributed by atoms with Crippen LogP contribution in [0.2, 0.25) is 5.02 Å². The van der Waals surface area contributed by atoms with Crippen molar-refractivity contribution in [2.45, 2.75) is 25.8 Å². The Kier molecular flexibility index (Phi) is 5.36. The molecule has 2 nitrogen and oxygen atoms in total. The van der Waals surface area contributed by atoms with Crippen molar-refractivity contribution in [1.29, 1.82) is 0 Å². The Labute approximate surface area is 109 Å². The van der Waals surface area contributed by atoms with Crippen molar-refractivity contribution in [3.8, 4) is 0 Å². The summed E-state index contributed by atoms with van der Waals surface area (Å²) in [5, 5.41) is 4.27. The highest BCUT2D eigenvalue weighted by Crippen LogP contribution is 2.33. The summed E-state index contributed by atoms with van der Waals surface area (Å²) in [7, 11) is 4.00. The first kappa shape index (κ1) is 13.9. The fourth-order valence-corrected chi connectivity index (χ4v) is 2.14. The molecule has 0 radical (unpaired) electrons. The summed E-state index contributed by atoms with van der Waals surface area (Å²) in [6.07, 6.45) is 4.04. The molecule has 0 amide bonds. The molecule has 0 heterocycles. The average Bonchev–Trinajstić information content (AvgIpc) is 2.25. The van der Waals surface area contributed by atoms with Crippen LogP contribution in [0.25, 0.3) is 0 Å². The molecular weight excluding hydrogens is 232 g/mol. The van der Waals surface area contributed by atoms with Crippen molar-refractivity contribution in [2.75, 3.05) is 24.3 Å². The van der Waals surface area contributed by atoms with E-state index in [1.54, 1.807) is 0 Å². The van der Waals surface area contributed by atoms with Gasteiger partial charge >= 0.3 is 0 Å². The monoisotopic (exact) mass is 252 g/mol. The highest BCUT2D eigenvalue weighted by molar-refractivity contribution is 6.34. The van der Waals surface area contributed by atoms with Gasteiger partial charge in [0.05, 0.1) is 16.4 Å². The summed E-state index contributed by atoms with van der Waals surface area (Å²) in [5.41, 5.74) is 2.12. The molecule has 0 aromatic heterocycles. The molecule has 3 heteroatoms. The van der Waals surface area contributed by atoms with Crippen LogP contribution in [0.3, 0.4) is 0 Å². The molecule has 1 aromatic carbocycles. The lowest BCUT2D eigenvalue weighted by Gasteiger charge is -2.22. The van der Waals surface area contributed by atoms with Gasteiger partial charge < -0.3 is 10.2 Å². The molecular formula is C14H21ClN2. The van der Waals surface area contributed by atoms with E-state index in [0.29, 0.717) is 6.04 Å². The summed E-state index contributed by atoms with van der Waals surface area (Å²) in [6.45, 7) is 5.91. The molecule has 17 heavy (non-hydrogen) atoms. The zero-order valence-electron chi connectivity index (χ0n) is 10.8. The summed E-state index contributed by atoms with van der Waals surface area (Å²) >= 11 is 6.21. The number of anilines is 2. The second-order valence-electron chi connectivity index (χ2n) is 4.44. The lowest BCUT2D eigenvalue weighted by molar-refractivity contribution is 0.719. The van der Waals surface area contributed by atoms with Gasteiger partial charge in [-0.25, -0.2) is 0 Å². The molecule has 0 fully saturated rings. The Morgan fingerprint density at radius 3 is 2.76 bits per heavy atom. The smallest absolute Gasteiger partial charge is 0.0786 e. The molecule has 1 rings (SSSR count). The Balaban J connectivity index is 2.83. The number of nitrogens with zero attached hydrogens (tertiary/aromatic N) is 1. The number of hydrogen-bond acceptors (Lipinski definition) is 2. The normalized spacial score (nSPS) is 12.0. The van der Waals surface area contributed by atoms with Crippen LogP contribution in [0.1, 0.15) is 19.8 Å². The third kappa shape index (κ3) is 3.97. The van der Waals surface area contributed by atoms with Gasteiger partial charge in [-0.3, -0.25) is 0 Å². The minimum atomic E-state index is 0.408. The van der Waals surface area contributed by atoms with Crippen LogP contribution in [0.4, 0.5) is 11.4 Å². The molecule has 94 valence electrons. The van der Waals surface area contributed by atoms with Gasteiger partial charge in [0, 0.05) is 20.1 Å². The topological polar surface area (TPSA) is 15.3 Å². The Bertz CT molecular complexity index is 374. The largest absolute Gasteiger partial charge is 0.381 e. The van der Waals surface area contributed by atoms with Gasteiger partial charge in [-0.05, 0) is 31.9 Å². The van der Waals surface area contributed by atoms with Crippen LogP contribution >= 0.6 is 11.6 Å². The zero-order chi connectivity index (χ0) is 12.8. The van der Waals surface area contributed by atoms with Crippen LogP contribution < -0.4 is 10.2 Å². The number of para-hydroxylation sites is 1. The molecule has 0 spiro atoms. The van der Waals surface area contributed by atoms with Gasteiger partial charge in [-0.1, -0.05) is 23.7 Å². The van der Waals surface area contributed by atoms with E-state index in [1.807, 2.05) is 37.2 Å². The van der Waals surface area contributed by atoms with E-state index >= 15 is 0 Å². The fraction of sp³-hybridized carbons (Fsp3) is 0.429. The Morgan fingerprint density at radius 2 is 2.18 bits per heavy atom. The second-order valence-corrected chi connectivity index (χ2v) is 4.85. The van der Waals surface area contributed by atoms with Crippen LogP contribution in [-0.4, -0.2) is 20.1 Å². The standard InChI is InChI=1S/C14H21ClN2/c1-5-6-8-11(2)16-13-10-7-9-12(15)14(13)17(3)4/h5,7,9-11,16H,1,6,8H2,2-4H3. The summed E-state index contributed by atoms with van der Waals surface area (Å²) in [6, 6.07) is 6.35. The lowest BCUT2D eigenvalue weighted by Crippen LogP contribution is -2.18. The molecule has 0 aliphatic carbocycles. The van der Waals surface area contributed by atoms with Gasteiger partial charge in [0.2, 0.25) is 0 Å². The molecule has 0 aliphatic heterocycles. The number of benzene rings is 1. The third-order valence-corrected chi connectivity index (χ3v) is 2.94. The zero-order valence-corrected chi connectivity index (χ0v) is 11.6. The third-order valence-electron chi connectivity index (χ3n) is 2.64. The number of rotatable bonds is 6. The Morgan fingerprint density at radius 1 is 1.47 bits per heavy atom. The Hall–Kier alpha value is -1.15. The molecule has 0 saturated carbocycles. The van der Waals surface area contributed by atoms with Crippen molar-refractivity contribution >= 4 is 23.0 Å². The fourth-order valence-electron chi connectivity index (χ4n) is 1.79. The van der Waals surface area contributed by atoms with E-state index in [2.05, 4.69) is 24.9 Å². The van der Waals surface area contributed by atoms with Crippen LogP contribution in [0.5, 0.6) is 0 Å². The van der Waals surface area contributed by atoms with Gasteiger partial charge in [0.25, 0.3) is 0 Å². The van der Waals surface area contributed by atoms with Gasteiger partial charge in [0.15, 0.2) is 0 Å². The van der Waals surface area contributed by atoms with Gasteiger partial charge in [0.1, 0.15) is 0 Å². The van der Waals surface area contributed by atoms with E-state index in [9.17, 15) is 0 Å². The highest BCUT2D eigenvalue weighted by Gasteiger charge is 2.10. The molecule has 1 atom stereocenters. The molecule has 0 bridgehead atoms. The van der Waals surface area contributed by atoms with Gasteiger partial charge in [-0.15, -0.1) is 6.58 Å². The highest BCUT2D eigenvalue weighted by atomic mass is 35.5. The quantitative estimate of drug-likeness (QED) is 0.765. The van der Waals surface area contributed by atoms with Crippen molar-refractivity contribution in [3.05, 3.63) is 35.9 Å². The van der Waals surface area contributed by atoms with Crippen LogP contribution in [0, 0.1) is 0 Å². The maximum Gasteiger partial charge on any atom is 0.0786 e. The number of allylic oxidation sites excluding steroid dienone is 1. The van der Waals surface area contributed by atoms with Crippen molar-refractivity contribution in [1.82, 2.24) is 0 Å². The van der Waals surface area contributed by atoms with E-state index in [-0.39, 0.29) is 0 Å². The van der Waals surface area contributed by atoms with E-state index in [4.69, 9.17) is 11.6 Å². The molecule has 1 unspecified atom stereocenters. The van der Waals surface area contributed by atoms with Gasteiger partial charge in [-0.2, -0.15) is 0 Å². The van der Waals surface area contributed by atoms with E-state index in [1.165, 1.54) is 0 Å². The van der Waals surface area contributed by atoms with Crippen molar-refractivity contribution in [3.63, 3.8) is 0 Å². The molecule has 0 saturated heterocycles. The molecule has 1 N–H and O–H groups in total. The van der Waals surface area contributed by atoms with E-state index in [0.717, 1.165) is 29.2 Å². The van der Waals surface area contributed by atoms with Crippen LogP contribution in [0.15, 0.2) is 30.9 Å². The summed E-state index contributed by atoms with van der Waals surface area (Å²) in [5.74, 6) is 0. The SMILES string of the molecule is C=CCCC(C)Nc1cccc(Cl)c1N(C)C. The van der Waals surface area contributed by atoms with E-state index < -0.39 is 0 Å². The number of hydrogen-bond donors (Lipinski definition) is 1. The summed E-state index contributed by atoms with van der Waals surface area (Å²) in [4.78, 5) is 2.03. The first-order valence-electron chi connectivity index (χ1n) is 5.89. The predicted octanol–water partition coefficient (Wildman–Crippen LogP) is 4.17.